The molecule has 121 valence electrons. The molecule has 0 spiro atoms. The standard InChI is InChI=1S/C21H20NO2/c23-15-19-8-4-5-9-21(19)22-14-17-10-12-20(13-11-17)24-16-18-6-2-1-3-7-18/h1-13,22H,14-16H2. The molecule has 0 saturated carbocycles. The predicted molar refractivity (Wildman–Crippen MR) is 95.4 cm³/mol. The van der Waals surface area contributed by atoms with Crippen LogP contribution < -0.4 is 10.1 Å². The van der Waals surface area contributed by atoms with Crippen LogP contribution in [0.4, 0.5) is 5.69 Å². The topological polar surface area (TPSA) is 41.2 Å². The lowest BCUT2D eigenvalue weighted by Crippen LogP contribution is -2.02. The van der Waals surface area contributed by atoms with Crippen LogP contribution in [0.1, 0.15) is 16.7 Å². The van der Waals surface area contributed by atoms with Gasteiger partial charge in [-0.05, 0) is 29.3 Å². The van der Waals surface area contributed by atoms with E-state index in [1.807, 2.05) is 78.9 Å². The smallest absolute Gasteiger partial charge is 0.119 e. The summed E-state index contributed by atoms with van der Waals surface area (Å²) < 4.78 is 5.78. The van der Waals surface area contributed by atoms with E-state index in [1.165, 1.54) is 0 Å². The van der Waals surface area contributed by atoms with E-state index in [0.29, 0.717) is 13.2 Å². The Morgan fingerprint density at radius 2 is 1.46 bits per heavy atom. The summed E-state index contributed by atoms with van der Waals surface area (Å²) in [5, 5.41) is 14.5. The van der Waals surface area contributed by atoms with Gasteiger partial charge >= 0.3 is 0 Å². The van der Waals surface area contributed by atoms with Crippen LogP contribution in [0, 0.1) is 0 Å². The molecule has 0 amide bonds. The van der Waals surface area contributed by atoms with Crippen molar-refractivity contribution in [1.29, 1.82) is 0 Å². The van der Waals surface area contributed by atoms with Crippen molar-refractivity contribution in [3.63, 3.8) is 0 Å². The Kier molecular flexibility index (Phi) is 5.48. The number of rotatable bonds is 7. The van der Waals surface area contributed by atoms with Crippen molar-refractivity contribution >= 4 is 5.69 Å². The summed E-state index contributed by atoms with van der Waals surface area (Å²) in [5.41, 5.74) is 3.98. The van der Waals surface area contributed by atoms with E-state index in [9.17, 15) is 5.11 Å². The van der Waals surface area contributed by atoms with E-state index in [4.69, 9.17) is 4.74 Å². The van der Waals surface area contributed by atoms with Gasteiger partial charge in [0.15, 0.2) is 0 Å². The third-order valence-corrected chi connectivity index (χ3v) is 3.83. The second-order valence-electron chi connectivity index (χ2n) is 5.57. The SMILES string of the molecule is [O]Cc1ccccc1NCc1ccc(OCc2ccccc2)cc1. The molecule has 0 aromatic heterocycles. The summed E-state index contributed by atoms with van der Waals surface area (Å²) in [6.45, 7) is 1.03. The summed E-state index contributed by atoms with van der Waals surface area (Å²) in [6.07, 6.45) is 0. The second-order valence-corrected chi connectivity index (χ2v) is 5.57. The van der Waals surface area contributed by atoms with E-state index < -0.39 is 0 Å². The van der Waals surface area contributed by atoms with Gasteiger partial charge in [-0.25, -0.2) is 5.11 Å². The second kappa shape index (κ2) is 8.18. The van der Waals surface area contributed by atoms with Crippen LogP contribution in [0.25, 0.3) is 0 Å². The molecule has 0 atom stereocenters. The van der Waals surface area contributed by atoms with E-state index in [2.05, 4.69) is 5.32 Å². The molecule has 24 heavy (non-hydrogen) atoms. The van der Waals surface area contributed by atoms with Crippen LogP contribution >= 0.6 is 0 Å². The number of para-hydroxylation sites is 1. The lowest BCUT2D eigenvalue weighted by atomic mass is 10.1. The van der Waals surface area contributed by atoms with Gasteiger partial charge in [0, 0.05) is 17.8 Å². The highest BCUT2D eigenvalue weighted by Gasteiger charge is 2.01. The van der Waals surface area contributed by atoms with Crippen molar-refractivity contribution in [3.05, 3.63) is 95.6 Å². The van der Waals surface area contributed by atoms with Gasteiger partial charge in [0.25, 0.3) is 0 Å². The molecule has 3 aromatic rings. The first-order valence-corrected chi connectivity index (χ1v) is 8.01. The highest BCUT2D eigenvalue weighted by molar-refractivity contribution is 5.51. The molecule has 1 N–H and O–H groups in total. The van der Waals surface area contributed by atoms with Crippen molar-refractivity contribution in [2.45, 2.75) is 19.8 Å². The summed E-state index contributed by atoms with van der Waals surface area (Å²) >= 11 is 0. The van der Waals surface area contributed by atoms with E-state index >= 15 is 0 Å². The Bertz CT molecular complexity index is 754. The van der Waals surface area contributed by atoms with Crippen molar-refractivity contribution in [2.75, 3.05) is 5.32 Å². The molecule has 3 aromatic carbocycles. The van der Waals surface area contributed by atoms with Gasteiger partial charge in [0.1, 0.15) is 19.0 Å². The third-order valence-electron chi connectivity index (χ3n) is 3.83. The number of anilines is 1. The maximum Gasteiger partial charge on any atom is 0.119 e. The largest absolute Gasteiger partial charge is 0.489 e. The molecule has 0 aliphatic rings. The highest BCUT2D eigenvalue weighted by atomic mass is 16.5. The van der Waals surface area contributed by atoms with Crippen molar-refractivity contribution in [1.82, 2.24) is 0 Å². The Balaban J connectivity index is 1.54. The molecule has 3 heteroatoms. The lowest BCUT2D eigenvalue weighted by Gasteiger charge is -2.11. The average Bonchev–Trinajstić information content (AvgIpc) is 2.66. The van der Waals surface area contributed by atoms with Crippen LogP contribution in [0.2, 0.25) is 0 Å². The number of hydrogen-bond acceptors (Lipinski definition) is 2. The number of hydrogen-bond donors (Lipinski definition) is 1. The Hall–Kier alpha value is -2.78. The maximum absolute atomic E-state index is 11.1. The lowest BCUT2D eigenvalue weighted by molar-refractivity contribution is 0.178. The van der Waals surface area contributed by atoms with Gasteiger partial charge in [0.05, 0.1) is 0 Å². The maximum atomic E-state index is 11.1. The molecular formula is C21H20NO2. The van der Waals surface area contributed by atoms with Crippen LogP contribution in [0.3, 0.4) is 0 Å². The summed E-state index contributed by atoms with van der Waals surface area (Å²) in [4.78, 5) is 0. The molecule has 1 radical (unpaired) electrons. The zero-order valence-electron chi connectivity index (χ0n) is 13.4. The van der Waals surface area contributed by atoms with Crippen molar-refractivity contribution in [2.24, 2.45) is 0 Å². The molecule has 0 heterocycles. The first kappa shape index (κ1) is 16.1. The molecule has 0 bridgehead atoms. The van der Waals surface area contributed by atoms with Gasteiger partial charge in [-0.2, -0.15) is 0 Å². The molecular weight excluding hydrogens is 298 g/mol. The molecule has 0 aliphatic heterocycles. The third kappa shape index (κ3) is 4.37. The minimum absolute atomic E-state index is 0.213. The normalized spacial score (nSPS) is 10.4. The summed E-state index contributed by atoms with van der Waals surface area (Å²) in [5.74, 6) is 0.850. The zero-order chi connectivity index (χ0) is 16.6. The van der Waals surface area contributed by atoms with Gasteiger partial charge in [-0.3, -0.25) is 0 Å². The zero-order valence-corrected chi connectivity index (χ0v) is 13.4. The number of ether oxygens (including phenoxy) is 1. The van der Waals surface area contributed by atoms with Gasteiger partial charge in [0.2, 0.25) is 0 Å². The predicted octanol–water partition coefficient (Wildman–Crippen LogP) is 4.81. The molecule has 3 rings (SSSR count). The fraction of sp³-hybridized carbons (Fsp3) is 0.143. The monoisotopic (exact) mass is 318 g/mol. The number of benzene rings is 3. The molecule has 0 aliphatic carbocycles. The van der Waals surface area contributed by atoms with Gasteiger partial charge in [-0.15, -0.1) is 0 Å². The molecule has 3 nitrogen and oxygen atoms in total. The average molecular weight is 318 g/mol. The fourth-order valence-electron chi connectivity index (χ4n) is 2.46. The fourth-order valence-corrected chi connectivity index (χ4v) is 2.46. The minimum Gasteiger partial charge on any atom is -0.489 e. The van der Waals surface area contributed by atoms with Crippen LogP contribution in [0.15, 0.2) is 78.9 Å². The Morgan fingerprint density at radius 1 is 0.750 bits per heavy atom. The highest BCUT2D eigenvalue weighted by Crippen LogP contribution is 2.18. The molecule has 0 saturated heterocycles. The van der Waals surface area contributed by atoms with Crippen LogP contribution in [-0.2, 0) is 24.9 Å². The summed E-state index contributed by atoms with van der Waals surface area (Å²) in [6, 6.07) is 25.7. The van der Waals surface area contributed by atoms with Gasteiger partial charge < -0.3 is 10.1 Å². The van der Waals surface area contributed by atoms with E-state index in [0.717, 1.165) is 28.1 Å². The quantitative estimate of drug-likeness (QED) is 0.679. The van der Waals surface area contributed by atoms with E-state index in [-0.39, 0.29) is 6.61 Å². The first-order valence-electron chi connectivity index (χ1n) is 8.01. The summed E-state index contributed by atoms with van der Waals surface area (Å²) in [7, 11) is 0. The van der Waals surface area contributed by atoms with Crippen LogP contribution in [-0.4, -0.2) is 0 Å². The Morgan fingerprint density at radius 3 is 2.21 bits per heavy atom. The number of nitrogens with one attached hydrogen (secondary N) is 1. The van der Waals surface area contributed by atoms with Crippen LogP contribution in [0.5, 0.6) is 5.75 Å². The first-order chi connectivity index (χ1) is 11.8. The van der Waals surface area contributed by atoms with Crippen molar-refractivity contribution < 1.29 is 9.84 Å². The van der Waals surface area contributed by atoms with Gasteiger partial charge in [-0.1, -0.05) is 60.7 Å². The van der Waals surface area contributed by atoms with E-state index in [1.54, 1.807) is 0 Å². The molecule has 0 unspecified atom stereocenters. The molecule has 0 fully saturated rings. The Labute approximate surface area is 142 Å². The van der Waals surface area contributed by atoms with Crippen molar-refractivity contribution in [3.8, 4) is 5.75 Å². The minimum atomic E-state index is -0.213.